The Morgan fingerprint density at radius 3 is 1.50 bits per heavy atom. The maximum Gasteiger partial charge on any atom is 0.393 e. The van der Waals surface area contributed by atoms with Gasteiger partial charge in [0, 0.05) is 5.56 Å². The molecule has 1 rings (SSSR count). The second kappa shape index (κ2) is 4.38. The average Bonchev–Trinajstić information content (AvgIpc) is 2.17. The molecule has 0 aliphatic carbocycles. The molecule has 0 N–H and O–H groups in total. The zero-order valence-electron chi connectivity index (χ0n) is 7.23. The fourth-order valence-corrected chi connectivity index (χ4v) is 1.48. The summed E-state index contributed by atoms with van der Waals surface area (Å²) >= 11 is 0.963. The molecule has 0 unspecified atom stereocenters. The topological polar surface area (TPSA) is 0 Å². The van der Waals surface area contributed by atoms with Crippen LogP contribution >= 0.6 is 22.6 Å². The predicted molar refractivity (Wildman–Crippen MR) is 48.8 cm³/mol. The van der Waals surface area contributed by atoms with Crippen LogP contribution in [0.25, 0.3) is 0 Å². The Hall–Kier alpha value is -0.540. The molecule has 0 amide bonds. The molecule has 0 saturated carbocycles. The van der Waals surface area contributed by atoms with Crippen molar-refractivity contribution in [2.24, 2.45) is 0 Å². The molecule has 0 aromatic heterocycles. The first-order valence-corrected chi connectivity index (χ1v) is 4.80. The molecule has 0 spiro atoms. The number of alkyl halides is 3. The average molecular weight is 358 g/mol. The van der Waals surface area contributed by atoms with Crippen LogP contribution in [0.4, 0.5) is 30.7 Å². The molecule has 0 saturated heterocycles. The standard InChI is InChI=1S/C8H2F7I/c9-3-2(1-8(13,14)15)4(10)6(12)7(16)5(3)11/h1H2. The van der Waals surface area contributed by atoms with Crippen LogP contribution in [-0.4, -0.2) is 6.18 Å². The van der Waals surface area contributed by atoms with E-state index in [1.54, 1.807) is 0 Å². The largest absolute Gasteiger partial charge is 0.393 e. The van der Waals surface area contributed by atoms with E-state index in [9.17, 15) is 30.7 Å². The van der Waals surface area contributed by atoms with Gasteiger partial charge in [-0.2, -0.15) is 13.2 Å². The van der Waals surface area contributed by atoms with Crippen molar-refractivity contribution < 1.29 is 30.7 Å². The minimum atomic E-state index is -4.95. The van der Waals surface area contributed by atoms with E-state index >= 15 is 0 Å². The van der Waals surface area contributed by atoms with Crippen LogP contribution in [0.3, 0.4) is 0 Å². The number of hydrogen-bond acceptors (Lipinski definition) is 0. The van der Waals surface area contributed by atoms with Gasteiger partial charge in [0.25, 0.3) is 0 Å². The number of hydrogen-bond donors (Lipinski definition) is 0. The van der Waals surface area contributed by atoms with Crippen molar-refractivity contribution in [3.63, 3.8) is 0 Å². The molecule has 90 valence electrons. The van der Waals surface area contributed by atoms with Gasteiger partial charge in [0.05, 0.1) is 9.99 Å². The predicted octanol–water partition coefficient (Wildman–Crippen LogP) is 3.95. The van der Waals surface area contributed by atoms with Crippen molar-refractivity contribution >= 4 is 22.6 Å². The molecule has 0 aliphatic heterocycles. The van der Waals surface area contributed by atoms with Gasteiger partial charge >= 0.3 is 6.18 Å². The third-order valence-corrected chi connectivity index (χ3v) is 2.63. The molecule has 16 heavy (non-hydrogen) atoms. The lowest BCUT2D eigenvalue weighted by atomic mass is 10.1. The summed E-state index contributed by atoms with van der Waals surface area (Å²) in [6.45, 7) is 0. The molecule has 0 bridgehead atoms. The van der Waals surface area contributed by atoms with Crippen LogP contribution in [0.1, 0.15) is 5.56 Å². The zero-order valence-corrected chi connectivity index (χ0v) is 9.39. The second-order valence-electron chi connectivity index (χ2n) is 2.84. The van der Waals surface area contributed by atoms with Crippen LogP contribution in [0.5, 0.6) is 0 Å². The Labute approximate surface area is 98.6 Å². The van der Waals surface area contributed by atoms with E-state index in [1.807, 2.05) is 0 Å². The number of rotatable bonds is 1. The highest BCUT2D eigenvalue weighted by molar-refractivity contribution is 14.1. The Balaban J connectivity index is 3.40. The molecule has 0 radical (unpaired) electrons. The van der Waals surface area contributed by atoms with Crippen LogP contribution < -0.4 is 0 Å². The van der Waals surface area contributed by atoms with Gasteiger partial charge in [-0.25, -0.2) is 17.6 Å². The van der Waals surface area contributed by atoms with E-state index in [0.29, 0.717) is 0 Å². The molecular formula is C8H2F7I. The summed E-state index contributed by atoms with van der Waals surface area (Å²) in [5.41, 5.74) is -1.65. The van der Waals surface area contributed by atoms with E-state index in [2.05, 4.69) is 0 Å². The lowest BCUT2D eigenvalue weighted by molar-refractivity contribution is -0.128. The summed E-state index contributed by atoms with van der Waals surface area (Å²) in [5.74, 6) is -7.67. The van der Waals surface area contributed by atoms with Crippen molar-refractivity contribution in [3.8, 4) is 0 Å². The molecule has 0 heterocycles. The quantitative estimate of drug-likeness (QED) is 0.309. The van der Waals surface area contributed by atoms with Gasteiger partial charge in [-0.1, -0.05) is 0 Å². The summed E-state index contributed by atoms with van der Waals surface area (Å²) < 4.78 is 86.2. The summed E-state index contributed by atoms with van der Waals surface area (Å²) in [6, 6.07) is 0. The third kappa shape index (κ3) is 2.58. The first-order chi connectivity index (χ1) is 7.15. The first-order valence-electron chi connectivity index (χ1n) is 3.72. The van der Waals surface area contributed by atoms with E-state index in [4.69, 9.17) is 0 Å². The molecular weight excluding hydrogens is 356 g/mol. The normalized spacial score (nSPS) is 12.0. The first kappa shape index (κ1) is 13.5. The molecule has 0 fully saturated rings. The highest BCUT2D eigenvalue weighted by Gasteiger charge is 2.34. The van der Waals surface area contributed by atoms with E-state index in [0.717, 1.165) is 22.6 Å². The van der Waals surface area contributed by atoms with Crippen LogP contribution in [-0.2, 0) is 6.42 Å². The lowest BCUT2D eigenvalue weighted by Crippen LogP contribution is -2.17. The fourth-order valence-electron chi connectivity index (χ4n) is 1.01. The lowest BCUT2D eigenvalue weighted by Gasteiger charge is -2.10. The van der Waals surface area contributed by atoms with Crippen LogP contribution in [0.15, 0.2) is 0 Å². The smallest absolute Gasteiger partial charge is 0.203 e. The Morgan fingerprint density at radius 2 is 1.19 bits per heavy atom. The van der Waals surface area contributed by atoms with E-state index in [-0.39, 0.29) is 0 Å². The third-order valence-electron chi connectivity index (χ3n) is 1.68. The monoisotopic (exact) mass is 358 g/mol. The Kier molecular flexibility index (Phi) is 3.70. The van der Waals surface area contributed by atoms with Gasteiger partial charge in [-0.15, -0.1) is 0 Å². The van der Waals surface area contributed by atoms with Crippen molar-refractivity contribution in [2.75, 3.05) is 0 Å². The highest BCUT2D eigenvalue weighted by atomic mass is 127. The van der Waals surface area contributed by atoms with Crippen molar-refractivity contribution in [3.05, 3.63) is 32.4 Å². The maximum absolute atomic E-state index is 12.9. The van der Waals surface area contributed by atoms with Crippen LogP contribution in [0, 0.1) is 26.8 Å². The Bertz CT molecular complexity index is 394. The number of benzene rings is 1. The van der Waals surface area contributed by atoms with Gasteiger partial charge in [-0.3, -0.25) is 0 Å². The van der Waals surface area contributed by atoms with Crippen molar-refractivity contribution in [1.82, 2.24) is 0 Å². The molecule has 8 heteroatoms. The van der Waals surface area contributed by atoms with Gasteiger partial charge in [0.1, 0.15) is 0 Å². The zero-order chi connectivity index (χ0) is 12.7. The SMILES string of the molecule is Fc1c(F)c(CC(F)(F)F)c(F)c(F)c1I. The molecule has 0 nitrogen and oxygen atoms in total. The van der Waals surface area contributed by atoms with Gasteiger partial charge < -0.3 is 0 Å². The minimum Gasteiger partial charge on any atom is -0.203 e. The molecule has 1 aromatic carbocycles. The van der Waals surface area contributed by atoms with Gasteiger partial charge in [0.15, 0.2) is 23.3 Å². The maximum atomic E-state index is 12.9. The highest BCUT2D eigenvalue weighted by Crippen LogP contribution is 2.30. The van der Waals surface area contributed by atoms with E-state index < -0.39 is 45.0 Å². The summed E-state index contributed by atoms with van der Waals surface area (Å²) in [5, 5.41) is 0. The summed E-state index contributed by atoms with van der Waals surface area (Å²) in [4.78, 5) is 0. The Morgan fingerprint density at radius 1 is 0.812 bits per heavy atom. The van der Waals surface area contributed by atoms with Crippen molar-refractivity contribution in [1.29, 1.82) is 0 Å². The molecule has 1 aromatic rings. The molecule has 0 aliphatic rings. The van der Waals surface area contributed by atoms with E-state index in [1.165, 1.54) is 0 Å². The fraction of sp³-hybridized carbons (Fsp3) is 0.250. The minimum absolute atomic E-state index is 0.963. The van der Waals surface area contributed by atoms with Crippen molar-refractivity contribution in [2.45, 2.75) is 12.6 Å². The van der Waals surface area contributed by atoms with Gasteiger partial charge in [-0.05, 0) is 22.6 Å². The molecule has 0 atom stereocenters. The summed E-state index contributed by atoms with van der Waals surface area (Å²) in [7, 11) is 0. The van der Waals surface area contributed by atoms with Gasteiger partial charge in [0.2, 0.25) is 0 Å². The second-order valence-corrected chi connectivity index (χ2v) is 3.92. The number of halogens is 8. The summed E-state index contributed by atoms with van der Waals surface area (Å²) in [6.07, 6.45) is -7.01. The van der Waals surface area contributed by atoms with Crippen LogP contribution in [0.2, 0.25) is 0 Å².